The number of hydrogen-bond acceptors (Lipinski definition) is 3. The molecule has 0 aliphatic heterocycles. The summed E-state index contributed by atoms with van der Waals surface area (Å²) >= 11 is 0. The van der Waals surface area contributed by atoms with Crippen LogP contribution in [0, 0.1) is 0 Å². The minimum atomic E-state index is -4.68. The van der Waals surface area contributed by atoms with Gasteiger partial charge in [0.1, 0.15) is 5.75 Å². The van der Waals surface area contributed by atoms with Crippen LogP contribution in [0.4, 0.5) is 13.2 Å². The van der Waals surface area contributed by atoms with Crippen LogP contribution in [-0.2, 0) is 11.2 Å². The van der Waals surface area contributed by atoms with Gasteiger partial charge in [0.15, 0.2) is 0 Å². The fraction of sp³-hybridized carbons (Fsp3) is 0.417. The summed E-state index contributed by atoms with van der Waals surface area (Å²) in [5, 5.41) is 5.38. The number of hydrogen-bond donors (Lipinski definition) is 2. The van der Waals surface area contributed by atoms with Crippen LogP contribution in [0.15, 0.2) is 24.3 Å². The highest BCUT2D eigenvalue weighted by molar-refractivity contribution is 5.85. The predicted octanol–water partition coefficient (Wildman–Crippen LogP) is 1.89. The second-order valence-corrected chi connectivity index (χ2v) is 3.82. The largest absolute Gasteiger partial charge is 0.573 e. The first-order valence-electron chi connectivity index (χ1n) is 5.66. The third-order valence-electron chi connectivity index (χ3n) is 2.23. The summed E-state index contributed by atoms with van der Waals surface area (Å²) in [7, 11) is 1.67. The first-order valence-corrected chi connectivity index (χ1v) is 5.66. The quantitative estimate of drug-likeness (QED) is 0.843. The molecule has 0 bridgehead atoms. The van der Waals surface area contributed by atoms with Gasteiger partial charge in [-0.1, -0.05) is 12.1 Å². The van der Waals surface area contributed by atoms with Crippen molar-refractivity contribution in [2.24, 2.45) is 0 Å². The van der Waals surface area contributed by atoms with Crippen molar-refractivity contribution >= 4 is 18.3 Å². The van der Waals surface area contributed by atoms with E-state index in [4.69, 9.17) is 0 Å². The Morgan fingerprint density at radius 1 is 1.25 bits per heavy atom. The van der Waals surface area contributed by atoms with Gasteiger partial charge in [-0.3, -0.25) is 4.79 Å². The Bertz CT molecular complexity index is 410. The van der Waals surface area contributed by atoms with Gasteiger partial charge in [0.25, 0.3) is 0 Å². The van der Waals surface area contributed by atoms with E-state index in [1.54, 1.807) is 7.05 Å². The molecule has 114 valence electrons. The first-order chi connectivity index (χ1) is 8.90. The number of benzene rings is 1. The maximum absolute atomic E-state index is 11.9. The van der Waals surface area contributed by atoms with Crippen LogP contribution in [0.5, 0.6) is 5.75 Å². The van der Waals surface area contributed by atoms with Crippen molar-refractivity contribution in [2.75, 3.05) is 20.1 Å². The van der Waals surface area contributed by atoms with Crippen LogP contribution in [0.1, 0.15) is 5.56 Å². The summed E-state index contributed by atoms with van der Waals surface area (Å²) in [6.45, 7) is 0.665. The highest BCUT2D eigenvalue weighted by Crippen LogP contribution is 2.22. The molecule has 2 N–H and O–H groups in total. The molecule has 0 spiro atoms. The van der Waals surface area contributed by atoms with Gasteiger partial charge >= 0.3 is 6.36 Å². The topological polar surface area (TPSA) is 50.4 Å². The lowest BCUT2D eigenvalue weighted by molar-refractivity contribution is -0.274. The molecule has 1 aromatic rings. The molecular weight excluding hydrogens is 297 g/mol. The molecule has 20 heavy (non-hydrogen) atoms. The Balaban J connectivity index is 0.00000361. The summed E-state index contributed by atoms with van der Waals surface area (Å²) in [4.78, 5) is 11.1. The van der Waals surface area contributed by atoms with E-state index in [0.29, 0.717) is 13.0 Å². The lowest BCUT2D eigenvalue weighted by atomic mass is 10.1. The van der Waals surface area contributed by atoms with Crippen LogP contribution in [0.25, 0.3) is 0 Å². The first kappa shape index (κ1) is 18.5. The second kappa shape index (κ2) is 8.65. The van der Waals surface area contributed by atoms with E-state index < -0.39 is 6.36 Å². The molecule has 1 rings (SSSR count). The Labute approximate surface area is 121 Å². The van der Waals surface area contributed by atoms with E-state index in [1.165, 1.54) is 24.3 Å². The summed E-state index contributed by atoms with van der Waals surface area (Å²) in [6.07, 6.45) is -4.13. The van der Waals surface area contributed by atoms with Crippen molar-refractivity contribution in [1.29, 1.82) is 0 Å². The van der Waals surface area contributed by atoms with E-state index >= 15 is 0 Å². The van der Waals surface area contributed by atoms with E-state index in [1.807, 2.05) is 0 Å². The number of ether oxygens (including phenoxy) is 1. The standard InChI is InChI=1S/C12H15F3N2O2.ClH/c1-16-8-11(18)17-7-6-9-2-4-10(5-3-9)19-12(13,14)15;/h2-5,16H,6-8H2,1H3,(H,17,18);1H. The molecule has 0 aromatic heterocycles. The molecule has 0 radical (unpaired) electrons. The number of carbonyl (C=O) groups excluding carboxylic acids is 1. The summed E-state index contributed by atoms with van der Waals surface area (Å²) in [5.74, 6) is -0.380. The van der Waals surface area contributed by atoms with Gasteiger partial charge in [0.05, 0.1) is 6.54 Å². The average Bonchev–Trinajstić information content (AvgIpc) is 2.30. The molecule has 0 heterocycles. The number of likely N-dealkylation sites (N-methyl/N-ethyl adjacent to an activating group) is 1. The molecule has 4 nitrogen and oxygen atoms in total. The van der Waals surface area contributed by atoms with Crippen molar-refractivity contribution in [3.63, 3.8) is 0 Å². The second-order valence-electron chi connectivity index (χ2n) is 3.82. The maximum Gasteiger partial charge on any atom is 0.573 e. The van der Waals surface area contributed by atoms with Crippen LogP contribution >= 0.6 is 12.4 Å². The molecule has 0 saturated carbocycles. The molecule has 1 amide bonds. The van der Waals surface area contributed by atoms with Crippen LogP contribution in [0.2, 0.25) is 0 Å². The number of alkyl halides is 3. The smallest absolute Gasteiger partial charge is 0.406 e. The highest BCUT2D eigenvalue weighted by atomic mass is 35.5. The zero-order chi connectivity index (χ0) is 14.3. The lowest BCUT2D eigenvalue weighted by Crippen LogP contribution is -2.33. The van der Waals surface area contributed by atoms with Gasteiger partial charge < -0.3 is 15.4 Å². The fourth-order valence-electron chi connectivity index (χ4n) is 1.43. The molecule has 0 aliphatic rings. The highest BCUT2D eigenvalue weighted by Gasteiger charge is 2.30. The van der Waals surface area contributed by atoms with Crippen LogP contribution in [0.3, 0.4) is 0 Å². The molecule has 0 saturated heterocycles. The van der Waals surface area contributed by atoms with Gasteiger partial charge in [-0.05, 0) is 31.2 Å². The third-order valence-corrected chi connectivity index (χ3v) is 2.23. The number of nitrogens with one attached hydrogen (secondary N) is 2. The lowest BCUT2D eigenvalue weighted by Gasteiger charge is -2.09. The zero-order valence-corrected chi connectivity index (χ0v) is 11.6. The molecule has 0 atom stereocenters. The van der Waals surface area contributed by atoms with Crippen molar-refractivity contribution in [1.82, 2.24) is 10.6 Å². The van der Waals surface area contributed by atoms with E-state index in [-0.39, 0.29) is 30.6 Å². The van der Waals surface area contributed by atoms with Gasteiger partial charge in [0, 0.05) is 6.54 Å². The molecule has 8 heteroatoms. The normalized spacial score (nSPS) is 10.6. The minimum Gasteiger partial charge on any atom is -0.406 e. The van der Waals surface area contributed by atoms with Crippen molar-refractivity contribution in [2.45, 2.75) is 12.8 Å². The minimum absolute atomic E-state index is 0. The van der Waals surface area contributed by atoms with Crippen LogP contribution in [-0.4, -0.2) is 32.4 Å². The zero-order valence-electron chi connectivity index (χ0n) is 10.8. The molecule has 0 unspecified atom stereocenters. The molecule has 1 aromatic carbocycles. The fourth-order valence-corrected chi connectivity index (χ4v) is 1.43. The predicted molar refractivity (Wildman–Crippen MR) is 71.0 cm³/mol. The Morgan fingerprint density at radius 2 is 1.85 bits per heavy atom. The Kier molecular flexibility index (Phi) is 8.02. The third kappa shape index (κ3) is 7.85. The summed E-state index contributed by atoms with van der Waals surface area (Å²) in [5.41, 5.74) is 0.819. The number of rotatable bonds is 6. The molecular formula is C12H16ClF3N2O2. The Morgan fingerprint density at radius 3 is 2.35 bits per heavy atom. The van der Waals surface area contributed by atoms with E-state index in [0.717, 1.165) is 5.56 Å². The van der Waals surface area contributed by atoms with E-state index in [9.17, 15) is 18.0 Å². The maximum atomic E-state index is 11.9. The van der Waals surface area contributed by atoms with Gasteiger partial charge in [-0.15, -0.1) is 25.6 Å². The van der Waals surface area contributed by atoms with Gasteiger partial charge in [-0.25, -0.2) is 0 Å². The average molecular weight is 313 g/mol. The Hall–Kier alpha value is -1.47. The van der Waals surface area contributed by atoms with Crippen LogP contribution < -0.4 is 15.4 Å². The van der Waals surface area contributed by atoms with Crippen molar-refractivity contribution in [3.05, 3.63) is 29.8 Å². The number of amides is 1. The van der Waals surface area contributed by atoms with E-state index in [2.05, 4.69) is 15.4 Å². The van der Waals surface area contributed by atoms with Crippen molar-refractivity contribution < 1.29 is 22.7 Å². The molecule has 0 fully saturated rings. The van der Waals surface area contributed by atoms with Crippen molar-refractivity contribution in [3.8, 4) is 5.75 Å². The summed E-state index contributed by atoms with van der Waals surface area (Å²) < 4.78 is 39.5. The molecule has 0 aliphatic carbocycles. The summed E-state index contributed by atoms with van der Waals surface area (Å²) in [6, 6.07) is 5.56. The van der Waals surface area contributed by atoms with Gasteiger partial charge in [0.2, 0.25) is 5.91 Å². The monoisotopic (exact) mass is 312 g/mol. The van der Waals surface area contributed by atoms with Gasteiger partial charge in [-0.2, -0.15) is 0 Å². The SMILES string of the molecule is CNCC(=O)NCCc1ccc(OC(F)(F)F)cc1.Cl. The number of halogens is 4. The number of carbonyl (C=O) groups is 1.